The molecule has 3 rings (SSSR count). The lowest BCUT2D eigenvalue weighted by atomic mass is 10.2. The molecular formula is C19H18ClN3O3. The number of imidazole rings is 1. The first kappa shape index (κ1) is 17.9. The second-order valence-corrected chi connectivity index (χ2v) is 6.20. The lowest BCUT2D eigenvalue weighted by molar-refractivity contribution is -0.141. The van der Waals surface area contributed by atoms with Crippen LogP contribution in [0.25, 0.3) is 11.0 Å². The molecule has 0 aliphatic heterocycles. The van der Waals surface area contributed by atoms with Crippen LogP contribution in [-0.2, 0) is 16.1 Å². The fraction of sp³-hybridized carbons (Fsp3) is 0.211. The van der Waals surface area contributed by atoms with E-state index in [2.05, 4.69) is 10.3 Å². The Balaban J connectivity index is 1.93. The fourth-order valence-corrected chi connectivity index (χ4v) is 2.99. The van der Waals surface area contributed by atoms with Crippen molar-refractivity contribution < 1.29 is 14.3 Å². The third-order valence-electron chi connectivity index (χ3n) is 4.05. The van der Waals surface area contributed by atoms with E-state index in [1.165, 1.54) is 7.11 Å². The summed E-state index contributed by atoms with van der Waals surface area (Å²) in [5, 5.41) is 3.26. The number of aromatic nitrogens is 2. The van der Waals surface area contributed by atoms with Crippen molar-refractivity contribution in [1.82, 2.24) is 14.9 Å². The summed E-state index contributed by atoms with van der Waals surface area (Å²) in [5.41, 5.74) is 1.92. The number of methoxy groups -OCH3 is 1. The van der Waals surface area contributed by atoms with Crippen LogP contribution in [0.2, 0.25) is 5.02 Å². The number of benzene rings is 2. The number of nitrogens with zero attached hydrogens (tertiary/aromatic N) is 2. The standard InChI is InChI=1S/C19H18ClN3O3/c1-12(21-19(25)13-7-3-4-8-14(13)20)18-22-15-9-5-6-10-16(15)23(18)11-17(24)26-2/h3-10,12H,11H2,1-2H3,(H,21,25). The molecule has 0 aliphatic carbocycles. The Kier molecular flexibility index (Phi) is 5.23. The van der Waals surface area contributed by atoms with Crippen LogP contribution in [0.4, 0.5) is 0 Å². The van der Waals surface area contributed by atoms with Crippen molar-refractivity contribution >= 4 is 34.5 Å². The molecule has 1 amide bonds. The minimum Gasteiger partial charge on any atom is -0.468 e. The number of ether oxygens (including phenoxy) is 1. The Morgan fingerprint density at radius 2 is 1.88 bits per heavy atom. The molecule has 0 saturated carbocycles. The predicted molar refractivity (Wildman–Crippen MR) is 99.1 cm³/mol. The number of halogens is 1. The van der Waals surface area contributed by atoms with Crippen molar-refractivity contribution in [2.75, 3.05) is 7.11 Å². The maximum absolute atomic E-state index is 12.5. The molecule has 1 aromatic heterocycles. The highest BCUT2D eigenvalue weighted by Crippen LogP contribution is 2.22. The average molecular weight is 372 g/mol. The minimum atomic E-state index is -0.434. The predicted octanol–water partition coefficient (Wildman–Crippen LogP) is 3.35. The largest absolute Gasteiger partial charge is 0.468 e. The van der Waals surface area contributed by atoms with Crippen molar-refractivity contribution in [1.29, 1.82) is 0 Å². The smallest absolute Gasteiger partial charge is 0.325 e. The van der Waals surface area contributed by atoms with Gasteiger partial charge in [-0.2, -0.15) is 0 Å². The molecular weight excluding hydrogens is 354 g/mol. The van der Waals surface area contributed by atoms with Crippen LogP contribution in [0.15, 0.2) is 48.5 Å². The molecule has 6 nitrogen and oxygen atoms in total. The van der Waals surface area contributed by atoms with Gasteiger partial charge in [0.25, 0.3) is 5.91 Å². The van der Waals surface area contributed by atoms with Gasteiger partial charge >= 0.3 is 5.97 Å². The van der Waals surface area contributed by atoms with Gasteiger partial charge in [0, 0.05) is 0 Å². The summed E-state index contributed by atoms with van der Waals surface area (Å²) in [6.07, 6.45) is 0. The first-order valence-electron chi connectivity index (χ1n) is 8.08. The van der Waals surface area contributed by atoms with Gasteiger partial charge in [-0.1, -0.05) is 35.9 Å². The number of carbonyl (C=O) groups is 2. The van der Waals surface area contributed by atoms with Crippen molar-refractivity contribution in [3.8, 4) is 0 Å². The number of rotatable bonds is 5. The minimum absolute atomic E-state index is 0.0125. The summed E-state index contributed by atoms with van der Waals surface area (Å²) in [5.74, 6) is -0.129. The van der Waals surface area contributed by atoms with Gasteiger partial charge in [0.15, 0.2) is 0 Å². The number of esters is 1. The van der Waals surface area contributed by atoms with Crippen molar-refractivity contribution in [3.05, 3.63) is 64.9 Å². The molecule has 1 atom stereocenters. The summed E-state index contributed by atoms with van der Waals surface area (Å²) < 4.78 is 6.53. The van der Waals surface area contributed by atoms with Gasteiger partial charge in [-0.25, -0.2) is 4.98 Å². The zero-order valence-electron chi connectivity index (χ0n) is 14.4. The van der Waals surface area contributed by atoms with Gasteiger partial charge in [0.05, 0.1) is 34.8 Å². The maximum Gasteiger partial charge on any atom is 0.325 e. The highest BCUT2D eigenvalue weighted by molar-refractivity contribution is 6.33. The Hall–Kier alpha value is -2.86. The molecule has 26 heavy (non-hydrogen) atoms. The van der Waals surface area contributed by atoms with Gasteiger partial charge in [-0.3, -0.25) is 9.59 Å². The van der Waals surface area contributed by atoms with Crippen LogP contribution in [0, 0.1) is 0 Å². The Morgan fingerprint density at radius 1 is 1.19 bits per heavy atom. The molecule has 0 bridgehead atoms. The van der Waals surface area contributed by atoms with E-state index < -0.39 is 6.04 Å². The van der Waals surface area contributed by atoms with Crippen LogP contribution in [0.5, 0.6) is 0 Å². The second kappa shape index (κ2) is 7.58. The number of amides is 1. The molecule has 0 radical (unpaired) electrons. The van der Waals surface area contributed by atoms with E-state index in [1.807, 2.05) is 31.2 Å². The number of nitrogens with one attached hydrogen (secondary N) is 1. The van der Waals surface area contributed by atoms with Gasteiger partial charge in [0.1, 0.15) is 12.4 Å². The van der Waals surface area contributed by atoms with Crippen molar-refractivity contribution in [2.24, 2.45) is 0 Å². The van der Waals surface area contributed by atoms with Crippen LogP contribution in [0.3, 0.4) is 0 Å². The molecule has 0 spiro atoms. The van der Waals surface area contributed by atoms with E-state index in [0.29, 0.717) is 16.4 Å². The summed E-state index contributed by atoms with van der Waals surface area (Å²) >= 11 is 6.09. The van der Waals surface area contributed by atoms with Gasteiger partial charge in [-0.15, -0.1) is 0 Å². The third kappa shape index (κ3) is 3.55. The lowest BCUT2D eigenvalue weighted by Crippen LogP contribution is -2.29. The molecule has 7 heteroatoms. The number of carbonyl (C=O) groups excluding carboxylic acids is 2. The molecule has 134 valence electrons. The molecule has 0 saturated heterocycles. The molecule has 2 aromatic carbocycles. The van der Waals surface area contributed by atoms with Gasteiger partial charge in [0.2, 0.25) is 0 Å². The molecule has 3 aromatic rings. The normalized spacial score (nSPS) is 12.0. The van der Waals surface area contributed by atoms with Crippen LogP contribution >= 0.6 is 11.6 Å². The van der Waals surface area contributed by atoms with Crippen LogP contribution in [-0.4, -0.2) is 28.5 Å². The number of para-hydroxylation sites is 2. The van der Waals surface area contributed by atoms with E-state index in [-0.39, 0.29) is 18.4 Å². The highest BCUT2D eigenvalue weighted by Gasteiger charge is 2.21. The zero-order valence-corrected chi connectivity index (χ0v) is 15.2. The number of hydrogen-bond acceptors (Lipinski definition) is 4. The summed E-state index contributed by atoms with van der Waals surface area (Å²) in [6.45, 7) is 1.82. The third-order valence-corrected chi connectivity index (χ3v) is 4.38. The van der Waals surface area contributed by atoms with E-state index in [4.69, 9.17) is 16.3 Å². The van der Waals surface area contributed by atoms with Crippen molar-refractivity contribution in [2.45, 2.75) is 19.5 Å². The van der Waals surface area contributed by atoms with E-state index in [1.54, 1.807) is 28.8 Å². The topological polar surface area (TPSA) is 73.2 Å². The second-order valence-electron chi connectivity index (χ2n) is 5.80. The SMILES string of the molecule is COC(=O)Cn1c(C(C)NC(=O)c2ccccc2Cl)nc2ccccc21. The number of hydrogen-bond donors (Lipinski definition) is 1. The number of fused-ring (bicyclic) bond motifs is 1. The monoisotopic (exact) mass is 371 g/mol. The summed E-state index contributed by atoms with van der Waals surface area (Å²) in [4.78, 5) is 28.9. The van der Waals surface area contributed by atoms with Crippen LogP contribution in [0.1, 0.15) is 29.1 Å². The lowest BCUT2D eigenvalue weighted by Gasteiger charge is -2.16. The van der Waals surface area contributed by atoms with Crippen LogP contribution < -0.4 is 5.32 Å². The summed E-state index contributed by atoms with van der Waals surface area (Å²) in [7, 11) is 1.34. The average Bonchev–Trinajstić information content (AvgIpc) is 3.00. The Bertz CT molecular complexity index is 968. The van der Waals surface area contributed by atoms with Crippen molar-refractivity contribution in [3.63, 3.8) is 0 Å². The zero-order chi connectivity index (χ0) is 18.7. The molecule has 1 N–H and O–H groups in total. The highest BCUT2D eigenvalue weighted by atomic mass is 35.5. The molecule has 1 heterocycles. The quantitative estimate of drug-likeness (QED) is 0.698. The first-order valence-corrected chi connectivity index (χ1v) is 8.46. The first-order chi connectivity index (χ1) is 12.5. The van der Waals surface area contributed by atoms with Gasteiger partial charge < -0.3 is 14.6 Å². The van der Waals surface area contributed by atoms with E-state index in [0.717, 1.165) is 11.0 Å². The fourth-order valence-electron chi connectivity index (χ4n) is 2.77. The van der Waals surface area contributed by atoms with E-state index >= 15 is 0 Å². The maximum atomic E-state index is 12.5. The Morgan fingerprint density at radius 3 is 2.62 bits per heavy atom. The summed E-state index contributed by atoms with van der Waals surface area (Å²) in [6, 6.07) is 13.9. The van der Waals surface area contributed by atoms with E-state index in [9.17, 15) is 9.59 Å². The van der Waals surface area contributed by atoms with Gasteiger partial charge in [-0.05, 0) is 31.2 Å². The molecule has 0 fully saturated rings. The molecule has 1 unspecified atom stereocenters. The molecule has 0 aliphatic rings. The Labute approximate surface area is 155 Å².